The molecule has 0 saturated heterocycles. The summed E-state index contributed by atoms with van der Waals surface area (Å²) in [5.41, 5.74) is 11.2. The molecule has 0 radical (unpaired) electrons. The topological polar surface area (TPSA) is 86.8 Å². The molecule has 1 rings (SSSR count). The monoisotopic (exact) mass is 255 g/mol. The Balaban J connectivity index is 2.56. The number of nitrogens with zero attached hydrogens (tertiary/aromatic N) is 3. The molecule has 0 saturated carbocycles. The molecule has 7 nitrogen and oxygen atoms in total. The Bertz CT molecular complexity index is 389. The summed E-state index contributed by atoms with van der Waals surface area (Å²) in [4.78, 5) is 11.8. The normalized spacial score (nSPS) is 9.71. The van der Waals surface area contributed by atoms with Crippen LogP contribution in [0.25, 0.3) is 0 Å². The maximum atomic E-state index is 5.74. The second-order valence-corrected chi connectivity index (χ2v) is 3.32. The van der Waals surface area contributed by atoms with Gasteiger partial charge in [0.15, 0.2) is 0 Å². The first-order chi connectivity index (χ1) is 8.26. The lowest BCUT2D eigenvalue weighted by Crippen LogP contribution is -2.26. The van der Waals surface area contributed by atoms with Crippen molar-refractivity contribution in [2.45, 2.75) is 13.3 Å². The highest BCUT2D eigenvalue weighted by Gasteiger charge is 2.03. The Morgan fingerprint density at radius 3 is 2.41 bits per heavy atom. The minimum Gasteiger partial charge on any atom is -0.289 e. The quantitative estimate of drug-likeness (QED) is 0.319. The van der Waals surface area contributed by atoms with Gasteiger partial charge < -0.3 is 0 Å². The number of nitrogens with one attached hydrogen (secondary N) is 4. The van der Waals surface area contributed by atoms with Crippen molar-refractivity contribution in [2.75, 3.05) is 23.9 Å². The standard InChI is InChI=1S/C9H14ClN7/c1-3-5-11-16-8-13-7(10)14-9(15-8)17-12-6-4-2/h1,11-12H,4-6H2,2H3,(H2,13,14,15,16,17). The smallest absolute Gasteiger partial charge is 0.243 e. The molecule has 0 spiro atoms. The van der Waals surface area contributed by atoms with Crippen molar-refractivity contribution in [3.05, 3.63) is 5.28 Å². The second-order valence-electron chi connectivity index (χ2n) is 2.99. The highest BCUT2D eigenvalue weighted by atomic mass is 35.5. The van der Waals surface area contributed by atoms with E-state index in [-0.39, 0.29) is 5.28 Å². The SMILES string of the molecule is C#CCNNc1nc(Cl)nc(NNCCC)n1. The molecular weight excluding hydrogens is 242 g/mol. The molecule has 0 amide bonds. The lowest BCUT2D eigenvalue weighted by molar-refractivity contribution is 0.747. The number of anilines is 2. The molecule has 8 heteroatoms. The van der Waals surface area contributed by atoms with Crippen LogP contribution in [0.1, 0.15) is 13.3 Å². The Kier molecular flexibility index (Phi) is 6.03. The van der Waals surface area contributed by atoms with Gasteiger partial charge in [0.05, 0.1) is 6.54 Å². The Morgan fingerprint density at radius 1 is 1.18 bits per heavy atom. The van der Waals surface area contributed by atoms with E-state index >= 15 is 0 Å². The molecule has 17 heavy (non-hydrogen) atoms. The van der Waals surface area contributed by atoms with Gasteiger partial charge in [0, 0.05) is 6.54 Å². The lowest BCUT2D eigenvalue weighted by atomic mass is 10.5. The number of hydrogen-bond acceptors (Lipinski definition) is 7. The zero-order valence-electron chi connectivity index (χ0n) is 9.42. The van der Waals surface area contributed by atoms with Crippen LogP contribution in [-0.4, -0.2) is 28.0 Å². The maximum Gasteiger partial charge on any atom is 0.243 e. The van der Waals surface area contributed by atoms with Crippen LogP contribution in [0.2, 0.25) is 5.28 Å². The molecule has 0 aliphatic rings. The fourth-order valence-corrected chi connectivity index (χ4v) is 1.06. The molecule has 1 heterocycles. The summed E-state index contributed by atoms with van der Waals surface area (Å²) in [6, 6.07) is 0. The minimum atomic E-state index is 0.0887. The van der Waals surface area contributed by atoms with Crippen molar-refractivity contribution in [2.24, 2.45) is 0 Å². The number of halogens is 1. The van der Waals surface area contributed by atoms with E-state index in [1.54, 1.807) is 0 Å². The fourth-order valence-electron chi connectivity index (χ4n) is 0.903. The van der Waals surface area contributed by atoms with Crippen LogP contribution in [0, 0.1) is 12.3 Å². The average molecular weight is 256 g/mol. The second kappa shape index (κ2) is 7.62. The summed E-state index contributed by atoms with van der Waals surface area (Å²) < 4.78 is 0. The number of terminal acetylenes is 1. The lowest BCUT2D eigenvalue weighted by Gasteiger charge is -2.08. The third-order valence-corrected chi connectivity index (χ3v) is 1.74. The van der Waals surface area contributed by atoms with Crippen molar-refractivity contribution < 1.29 is 0 Å². The summed E-state index contributed by atoms with van der Waals surface area (Å²) in [6.07, 6.45) is 6.07. The predicted octanol–water partition coefficient (Wildman–Crippen LogP) is 0.401. The summed E-state index contributed by atoms with van der Waals surface area (Å²) in [6.45, 7) is 3.19. The van der Waals surface area contributed by atoms with Crippen LogP contribution >= 0.6 is 11.6 Å². The van der Waals surface area contributed by atoms with E-state index < -0.39 is 0 Å². The van der Waals surface area contributed by atoms with Gasteiger partial charge in [-0.3, -0.25) is 10.9 Å². The molecule has 0 aromatic carbocycles. The van der Waals surface area contributed by atoms with Crippen molar-refractivity contribution in [1.82, 2.24) is 25.8 Å². The van der Waals surface area contributed by atoms with Crippen LogP contribution in [-0.2, 0) is 0 Å². The summed E-state index contributed by atoms with van der Waals surface area (Å²) in [7, 11) is 0. The zero-order valence-corrected chi connectivity index (χ0v) is 10.2. The van der Waals surface area contributed by atoms with E-state index in [4.69, 9.17) is 18.0 Å². The molecule has 92 valence electrons. The Labute approximate surface area is 105 Å². The van der Waals surface area contributed by atoms with E-state index in [9.17, 15) is 0 Å². The van der Waals surface area contributed by atoms with Gasteiger partial charge in [-0.2, -0.15) is 15.0 Å². The third-order valence-electron chi connectivity index (χ3n) is 1.57. The first-order valence-corrected chi connectivity index (χ1v) is 5.47. The van der Waals surface area contributed by atoms with Gasteiger partial charge in [-0.25, -0.2) is 10.9 Å². The molecule has 0 bridgehead atoms. The Morgan fingerprint density at radius 2 is 1.82 bits per heavy atom. The molecule has 4 N–H and O–H groups in total. The van der Waals surface area contributed by atoms with Crippen molar-refractivity contribution in [3.8, 4) is 12.3 Å². The van der Waals surface area contributed by atoms with Gasteiger partial charge in [-0.05, 0) is 18.0 Å². The van der Waals surface area contributed by atoms with E-state index in [0.717, 1.165) is 13.0 Å². The van der Waals surface area contributed by atoms with Crippen LogP contribution < -0.4 is 21.7 Å². The first kappa shape index (κ1) is 13.4. The minimum absolute atomic E-state index is 0.0887. The van der Waals surface area contributed by atoms with Crippen molar-refractivity contribution >= 4 is 23.5 Å². The highest BCUT2D eigenvalue weighted by Crippen LogP contribution is 2.07. The van der Waals surface area contributed by atoms with E-state index in [1.807, 2.05) is 6.92 Å². The molecule has 1 aromatic rings. The Hall–Kier alpha value is -1.62. The summed E-state index contributed by atoms with van der Waals surface area (Å²) in [5, 5.41) is 0.0887. The van der Waals surface area contributed by atoms with Crippen molar-refractivity contribution in [1.29, 1.82) is 0 Å². The first-order valence-electron chi connectivity index (χ1n) is 5.09. The summed E-state index contributed by atoms with van der Waals surface area (Å²) in [5.74, 6) is 3.03. The third kappa shape index (κ3) is 5.31. The highest BCUT2D eigenvalue weighted by molar-refractivity contribution is 6.28. The number of rotatable bonds is 7. The van der Waals surface area contributed by atoms with Gasteiger partial charge >= 0.3 is 0 Å². The van der Waals surface area contributed by atoms with Gasteiger partial charge in [0.2, 0.25) is 17.2 Å². The van der Waals surface area contributed by atoms with Crippen LogP contribution in [0.3, 0.4) is 0 Å². The van der Waals surface area contributed by atoms with Gasteiger partial charge in [-0.1, -0.05) is 12.8 Å². The molecule has 0 aliphatic carbocycles. The van der Waals surface area contributed by atoms with Gasteiger partial charge in [0.25, 0.3) is 0 Å². The van der Waals surface area contributed by atoms with Gasteiger partial charge in [-0.15, -0.1) is 6.42 Å². The number of hydrazine groups is 2. The van der Waals surface area contributed by atoms with E-state index in [2.05, 4.69) is 42.6 Å². The molecule has 0 aliphatic heterocycles. The fraction of sp³-hybridized carbons (Fsp3) is 0.444. The largest absolute Gasteiger partial charge is 0.289 e. The number of hydrogen-bond donors (Lipinski definition) is 4. The average Bonchev–Trinajstić information content (AvgIpc) is 2.29. The van der Waals surface area contributed by atoms with Crippen LogP contribution in [0.5, 0.6) is 0 Å². The molecule has 0 fully saturated rings. The predicted molar refractivity (Wildman–Crippen MR) is 67.2 cm³/mol. The van der Waals surface area contributed by atoms with Gasteiger partial charge in [0.1, 0.15) is 0 Å². The van der Waals surface area contributed by atoms with Crippen LogP contribution in [0.4, 0.5) is 11.9 Å². The summed E-state index contributed by atoms with van der Waals surface area (Å²) >= 11 is 5.74. The molecular formula is C9H14ClN7. The molecule has 0 atom stereocenters. The number of aromatic nitrogens is 3. The van der Waals surface area contributed by atoms with E-state index in [0.29, 0.717) is 18.4 Å². The zero-order chi connectivity index (χ0) is 12.5. The van der Waals surface area contributed by atoms with Crippen molar-refractivity contribution in [3.63, 3.8) is 0 Å². The maximum absolute atomic E-state index is 5.74. The molecule has 0 unspecified atom stereocenters. The van der Waals surface area contributed by atoms with E-state index in [1.165, 1.54) is 0 Å². The molecule has 1 aromatic heterocycles. The van der Waals surface area contributed by atoms with Crippen LogP contribution in [0.15, 0.2) is 0 Å².